The van der Waals surface area contributed by atoms with Gasteiger partial charge in [-0.3, -0.25) is 9.59 Å². The van der Waals surface area contributed by atoms with E-state index in [4.69, 9.17) is 0 Å². The summed E-state index contributed by atoms with van der Waals surface area (Å²) in [5.74, 6) is 0.239. The Balaban J connectivity index is 1.30. The van der Waals surface area contributed by atoms with Gasteiger partial charge in [0, 0.05) is 37.3 Å². The van der Waals surface area contributed by atoms with Gasteiger partial charge in [0.15, 0.2) is 0 Å². The molecule has 158 valence electrons. The molecule has 0 bridgehead atoms. The summed E-state index contributed by atoms with van der Waals surface area (Å²) in [7, 11) is 0. The first-order chi connectivity index (χ1) is 14.1. The molecule has 1 aromatic rings. The highest BCUT2D eigenvalue weighted by Crippen LogP contribution is 2.30. The van der Waals surface area contributed by atoms with Gasteiger partial charge in [0.25, 0.3) is 0 Å². The number of piperidine rings is 1. The highest BCUT2D eigenvalue weighted by Gasteiger charge is 2.39. The molecule has 1 saturated carbocycles. The minimum Gasteiger partial charge on any atom is -0.382 e. The Hall–Kier alpha value is -2.11. The Morgan fingerprint density at radius 2 is 1.52 bits per heavy atom. The van der Waals surface area contributed by atoms with E-state index in [1.165, 1.54) is 18.6 Å². The van der Waals surface area contributed by atoms with E-state index in [1.54, 1.807) is 12.1 Å². The number of likely N-dealkylation sites (tertiary alicyclic amines) is 2. The third kappa shape index (κ3) is 4.73. The topological polar surface area (TPSA) is 52.7 Å². The van der Waals surface area contributed by atoms with Crippen molar-refractivity contribution in [3.05, 3.63) is 30.1 Å². The zero-order valence-corrected chi connectivity index (χ0v) is 17.1. The summed E-state index contributed by atoms with van der Waals surface area (Å²) in [6, 6.07) is 6.44. The third-order valence-electron chi connectivity index (χ3n) is 6.80. The minimum atomic E-state index is -0.258. The molecule has 2 saturated heterocycles. The number of nitrogens with one attached hydrogen (secondary N) is 1. The van der Waals surface area contributed by atoms with Gasteiger partial charge in [0.1, 0.15) is 11.9 Å². The summed E-state index contributed by atoms with van der Waals surface area (Å²) < 4.78 is 13.1. The summed E-state index contributed by atoms with van der Waals surface area (Å²) in [4.78, 5) is 30.0. The molecule has 1 aliphatic carbocycles. The fourth-order valence-electron chi connectivity index (χ4n) is 5.11. The Kier molecular flexibility index (Phi) is 6.36. The summed E-state index contributed by atoms with van der Waals surface area (Å²) in [6.07, 6.45) is 8.93. The van der Waals surface area contributed by atoms with Gasteiger partial charge in [-0.1, -0.05) is 19.3 Å². The van der Waals surface area contributed by atoms with Crippen LogP contribution in [0.15, 0.2) is 24.3 Å². The van der Waals surface area contributed by atoms with Gasteiger partial charge in [-0.15, -0.1) is 0 Å². The van der Waals surface area contributed by atoms with Crippen molar-refractivity contribution in [2.75, 3.05) is 25.0 Å². The first-order valence-electron chi connectivity index (χ1n) is 11.2. The van der Waals surface area contributed by atoms with E-state index >= 15 is 0 Å². The van der Waals surface area contributed by atoms with Crippen molar-refractivity contribution >= 4 is 17.5 Å². The van der Waals surface area contributed by atoms with E-state index < -0.39 is 0 Å². The molecule has 1 N–H and O–H groups in total. The molecular weight excluding hydrogens is 369 g/mol. The molecule has 6 heteroatoms. The second-order valence-electron chi connectivity index (χ2n) is 8.78. The molecule has 3 fully saturated rings. The van der Waals surface area contributed by atoms with Gasteiger partial charge in [0.05, 0.1) is 0 Å². The lowest BCUT2D eigenvalue weighted by molar-refractivity contribution is -0.147. The number of carbonyl (C=O) groups excluding carboxylic acids is 2. The predicted octanol–water partition coefficient (Wildman–Crippen LogP) is 3.80. The number of benzene rings is 1. The van der Waals surface area contributed by atoms with Gasteiger partial charge in [-0.05, 0) is 62.8 Å². The summed E-state index contributed by atoms with van der Waals surface area (Å²) in [5, 5.41) is 3.44. The molecule has 29 heavy (non-hydrogen) atoms. The lowest BCUT2D eigenvalue weighted by Crippen LogP contribution is -2.52. The maximum Gasteiger partial charge on any atom is 0.245 e. The number of hydrogen-bond donors (Lipinski definition) is 1. The molecule has 2 amide bonds. The molecule has 2 aliphatic heterocycles. The number of halogens is 1. The van der Waals surface area contributed by atoms with Crippen molar-refractivity contribution < 1.29 is 14.0 Å². The smallest absolute Gasteiger partial charge is 0.245 e. The van der Waals surface area contributed by atoms with Gasteiger partial charge < -0.3 is 15.1 Å². The normalized spacial score (nSPS) is 24.0. The van der Waals surface area contributed by atoms with E-state index in [-0.39, 0.29) is 35.6 Å². The highest BCUT2D eigenvalue weighted by molar-refractivity contribution is 5.89. The van der Waals surface area contributed by atoms with Gasteiger partial charge >= 0.3 is 0 Å². The van der Waals surface area contributed by atoms with E-state index in [1.807, 2.05) is 9.80 Å². The average molecular weight is 402 g/mol. The monoisotopic (exact) mass is 401 g/mol. The molecular formula is C23H32FN3O2. The Bertz CT molecular complexity index is 709. The average Bonchev–Trinajstić information content (AvgIpc) is 3.25. The molecule has 1 atom stereocenters. The van der Waals surface area contributed by atoms with Crippen LogP contribution in [0.4, 0.5) is 10.1 Å². The number of anilines is 1. The van der Waals surface area contributed by atoms with Gasteiger partial charge in [0.2, 0.25) is 11.8 Å². The van der Waals surface area contributed by atoms with Crippen LogP contribution in [0.2, 0.25) is 0 Å². The van der Waals surface area contributed by atoms with Crippen LogP contribution in [-0.4, -0.2) is 53.3 Å². The third-order valence-corrected chi connectivity index (χ3v) is 6.80. The van der Waals surface area contributed by atoms with Crippen LogP contribution in [0, 0.1) is 11.7 Å². The number of carbonyl (C=O) groups is 2. The van der Waals surface area contributed by atoms with Crippen LogP contribution in [-0.2, 0) is 9.59 Å². The molecule has 0 radical (unpaired) electrons. The number of rotatable bonds is 4. The van der Waals surface area contributed by atoms with Crippen molar-refractivity contribution in [3.63, 3.8) is 0 Å². The quantitative estimate of drug-likeness (QED) is 0.835. The molecule has 0 aromatic heterocycles. The Labute approximate surface area is 172 Å². The van der Waals surface area contributed by atoms with Crippen LogP contribution in [0.25, 0.3) is 0 Å². The molecule has 4 rings (SSSR count). The van der Waals surface area contributed by atoms with Crippen molar-refractivity contribution in [1.29, 1.82) is 0 Å². The van der Waals surface area contributed by atoms with Crippen LogP contribution >= 0.6 is 0 Å². The second-order valence-corrected chi connectivity index (χ2v) is 8.78. The number of hydrogen-bond acceptors (Lipinski definition) is 3. The molecule has 3 aliphatic rings. The first-order valence-corrected chi connectivity index (χ1v) is 11.2. The van der Waals surface area contributed by atoms with Crippen LogP contribution in [0.1, 0.15) is 57.8 Å². The van der Waals surface area contributed by atoms with Crippen molar-refractivity contribution in [3.8, 4) is 0 Å². The summed E-state index contributed by atoms with van der Waals surface area (Å²) in [6.45, 7) is 2.15. The zero-order chi connectivity index (χ0) is 20.2. The van der Waals surface area contributed by atoms with Crippen LogP contribution in [0.3, 0.4) is 0 Å². The zero-order valence-electron chi connectivity index (χ0n) is 17.1. The van der Waals surface area contributed by atoms with Crippen molar-refractivity contribution in [2.45, 2.75) is 69.9 Å². The largest absolute Gasteiger partial charge is 0.382 e. The molecule has 1 aromatic carbocycles. The first kappa shape index (κ1) is 20.2. The molecule has 2 heterocycles. The van der Waals surface area contributed by atoms with Crippen molar-refractivity contribution in [1.82, 2.24) is 9.80 Å². The van der Waals surface area contributed by atoms with Gasteiger partial charge in [-0.2, -0.15) is 0 Å². The van der Waals surface area contributed by atoms with E-state index in [0.717, 1.165) is 63.6 Å². The maximum absolute atomic E-state index is 13.2. The maximum atomic E-state index is 13.2. The fraction of sp³-hybridized carbons (Fsp3) is 0.652. The van der Waals surface area contributed by atoms with Crippen molar-refractivity contribution in [2.24, 2.45) is 5.92 Å². The van der Waals surface area contributed by atoms with E-state index in [2.05, 4.69) is 5.32 Å². The Morgan fingerprint density at radius 3 is 2.21 bits per heavy atom. The molecule has 0 spiro atoms. The lowest BCUT2D eigenvalue weighted by atomic mass is 9.88. The SMILES string of the molecule is O=C(C1CCCN1C(=O)C1CCCCC1)N1CCC(Nc2ccc(F)cc2)CC1. The lowest BCUT2D eigenvalue weighted by Gasteiger charge is -2.37. The van der Waals surface area contributed by atoms with E-state index in [0.29, 0.717) is 13.1 Å². The fourth-order valence-corrected chi connectivity index (χ4v) is 5.11. The van der Waals surface area contributed by atoms with Crippen LogP contribution in [0.5, 0.6) is 0 Å². The van der Waals surface area contributed by atoms with E-state index in [9.17, 15) is 14.0 Å². The second kappa shape index (κ2) is 9.14. The number of nitrogens with zero attached hydrogens (tertiary/aromatic N) is 2. The van der Waals surface area contributed by atoms with Crippen LogP contribution < -0.4 is 5.32 Å². The molecule has 5 nitrogen and oxygen atoms in total. The number of amides is 2. The Morgan fingerprint density at radius 1 is 0.828 bits per heavy atom. The minimum absolute atomic E-state index is 0.128. The van der Waals surface area contributed by atoms with Gasteiger partial charge in [-0.25, -0.2) is 4.39 Å². The molecule has 1 unspecified atom stereocenters. The summed E-state index contributed by atoms with van der Waals surface area (Å²) in [5.41, 5.74) is 0.913. The standard InChI is InChI=1S/C23H32FN3O2/c24-18-8-10-19(11-9-18)25-20-12-15-26(16-13-20)23(29)21-7-4-14-27(21)22(28)17-5-2-1-3-6-17/h8-11,17,20-21,25H,1-7,12-16H2. The highest BCUT2D eigenvalue weighted by atomic mass is 19.1. The predicted molar refractivity (Wildman–Crippen MR) is 111 cm³/mol. The summed E-state index contributed by atoms with van der Waals surface area (Å²) >= 11 is 0.